The second-order valence-electron chi connectivity index (χ2n) is 7.45. The Morgan fingerprint density at radius 2 is 1.88 bits per heavy atom. The quantitative estimate of drug-likeness (QED) is 0.847. The molecule has 4 rings (SSSR count). The third kappa shape index (κ3) is 3.62. The van der Waals surface area contributed by atoms with Gasteiger partial charge in [0.15, 0.2) is 5.69 Å². The lowest BCUT2D eigenvalue weighted by molar-refractivity contribution is -0.188. The normalized spacial score (nSPS) is 19.7. The number of aromatic nitrogens is 2. The largest absolute Gasteiger partial charge is 0.337 e. The predicted molar refractivity (Wildman–Crippen MR) is 99.9 cm³/mol. The van der Waals surface area contributed by atoms with Gasteiger partial charge in [-0.1, -0.05) is 12.8 Å². The van der Waals surface area contributed by atoms with Crippen molar-refractivity contribution in [2.24, 2.45) is 0 Å². The van der Waals surface area contributed by atoms with Crippen molar-refractivity contribution >= 4 is 11.6 Å². The topological polar surface area (TPSA) is 50.1 Å². The van der Waals surface area contributed by atoms with Crippen molar-refractivity contribution in [3.63, 3.8) is 0 Å². The van der Waals surface area contributed by atoms with Crippen molar-refractivity contribution in [2.45, 2.75) is 52.0 Å². The SMILES string of the molecule is Cc1ccn2c(CN3CCCCO3)c(C(=O)N3CCCCCC3)nc2c1. The summed E-state index contributed by atoms with van der Waals surface area (Å²) in [5.41, 5.74) is 3.52. The minimum Gasteiger partial charge on any atom is -0.337 e. The van der Waals surface area contributed by atoms with Gasteiger partial charge in [0.25, 0.3) is 5.91 Å². The number of hydrogen-bond donors (Lipinski definition) is 0. The maximum Gasteiger partial charge on any atom is 0.274 e. The summed E-state index contributed by atoms with van der Waals surface area (Å²) in [6.07, 6.45) is 8.85. The predicted octanol–water partition coefficient (Wildman–Crippen LogP) is 3.19. The fourth-order valence-corrected chi connectivity index (χ4v) is 3.88. The number of amides is 1. The summed E-state index contributed by atoms with van der Waals surface area (Å²) in [4.78, 5) is 25.8. The molecule has 0 aromatic carbocycles. The highest BCUT2D eigenvalue weighted by Crippen LogP contribution is 2.21. The van der Waals surface area contributed by atoms with Gasteiger partial charge in [-0.05, 0) is 50.3 Å². The van der Waals surface area contributed by atoms with Gasteiger partial charge in [-0.15, -0.1) is 0 Å². The molecule has 26 heavy (non-hydrogen) atoms. The molecule has 2 aliphatic heterocycles. The van der Waals surface area contributed by atoms with Crippen molar-refractivity contribution in [1.29, 1.82) is 0 Å². The Labute approximate surface area is 154 Å². The van der Waals surface area contributed by atoms with Crippen LogP contribution in [0.2, 0.25) is 0 Å². The van der Waals surface area contributed by atoms with Crippen LogP contribution in [0.4, 0.5) is 0 Å². The van der Waals surface area contributed by atoms with E-state index in [0.29, 0.717) is 12.2 Å². The van der Waals surface area contributed by atoms with Gasteiger partial charge in [0.2, 0.25) is 0 Å². The van der Waals surface area contributed by atoms with Crippen LogP contribution in [0.5, 0.6) is 0 Å². The summed E-state index contributed by atoms with van der Waals surface area (Å²) < 4.78 is 2.05. The summed E-state index contributed by atoms with van der Waals surface area (Å²) >= 11 is 0. The Kier molecular flexibility index (Phi) is 5.22. The van der Waals surface area contributed by atoms with E-state index in [-0.39, 0.29) is 5.91 Å². The summed E-state index contributed by atoms with van der Waals surface area (Å²) in [6.45, 7) is 5.98. The van der Waals surface area contributed by atoms with E-state index < -0.39 is 0 Å². The number of imidazole rings is 1. The van der Waals surface area contributed by atoms with Crippen LogP contribution >= 0.6 is 0 Å². The molecule has 6 heteroatoms. The molecule has 0 aliphatic carbocycles. The smallest absolute Gasteiger partial charge is 0.274 e. The molecule has 0 radical (unpaired) electrons. The van der Waals surface area contributed by atoms with Crippen LogP contribution in [0, 0.1) is 6.92 Å². The summed E-state index contributed by atoms with van der Waals surface area (Å²) in [6, 6.07) is 4.11. The standard InChI is InChI=1S/C20H28N4O2/c1-16-8-12-24-17(15-23-11-6-7-13-26-23)19(21-18(24)14-16)20(25)22-9-4-2-3-5-10-22/h8,12,14H,2-7,9-11,13,15H2,1H3. The Balaban J connectivity index is 1.69. The first-order valence-corrected chi connectivity index (χ1v) is 9.87. The van der Waals surface area contributed by atoms with E-state index in [2.05, 4.69) is 17.4 Å². The lowest BCUT2D eigenvalue weighted by Crippen LogP contribution is -2.34. The Morgan fingerprint density at radius 1 is 1.12 bits per heavy atom. The maximum absolute atomic E-state index is 13.3. The highest BCUT2D eigenvalue weighted by Gasteiger charge is 2.26. The Hall–Kier alpha value is -1.92. The summed E-state index contributed by atoms with van der Waals surface area (Å²) in [7, 11) is 0. The number of carbonyl (C=O) groups is 1. The minimum absolute atomic E-state index is 0.0697. The summed E-state index contributed by atoms with van der Waals surface area (Å²) in [5, 5.41) is 1.98. The van der Waals surface area contributed by atoms with Crippen LogP contribution in [-0.2, 0) is 11.4 Å². The van der Waals surface area contributed by atoms with Gasteiger partial charge in [0.05, 0.1) is 18.8 Å². The molecular formula is C20H28N4O2. The van der Waals surface area contributed by atoms with Crippen LogP contribution in [0.3, 0.4) is 0 Å². The number of aryl methyl sites for hydroxylation is 1. The van der Waals surface area contributed by atoms with Gasteiger partial charge >= 0.3 is 0 Å². The molecule has 1 amide bonds. The molecule has 0 atom stereocenters. The lowest BCUT2D eigenvalue weighted by atomic mass is 10.2. The molecule has 0 bridgehead atoms. The zero-order chi connectivity index (χ0) is 17.9. The van der Waals surface area contributed by atoms with Gasteiger partial charge in [-0.25, -0.2) is 4.98 Å². The molecule has 0 spiro atoms. The molecule has 2 fully saturated rings. The van der Waals surface area contributed by atoms with Crippen LogP contribution in [0.25, 0.3) is 5.65 Å². The zero-order valence-corrected chi connectivity index (χ0v) is 15.6. The number of rotatable bonds is 3. The molecular weight excluding hydrogens is 328 g/mol. The number of nitrogens with zero attached hydrogens (tertiary/aromatic N) is 4. The average Bonchev–Trinajstić information content (AvgIpc) is 2.84. The van der Waals surface area contributed by atoms with E-state index in [1.54, 1.807) is 0 Å². The van der Waals surface area contributed by atoms with Crippen LogP contribution in [0.1, 0.15) is 60.3 Å². The Morgan fingerprint density at radius 3 is 2.62 bits per heavy atom. The van der Waals surface area contributed by atoms with Crippen molar-refractivity contribution in [3.8, 4) is 0 Å². The molecule has 4 heterocycles. The monoisotopic (exact) mass is 356 g/mol. The number of fused-ring (bicyclic) bond motifs is 1. The first-order valence-electron chi connectivity index (χ1n) is 9.87. The number of hydroxylamine groups is 2. The zero-order valence-electron chi connectivity index (χ0n) is 15.6. The molecule has 0 saturated carbocycles. The van der Waals surface area contributed by atoms with Gasteiger partial charge < -0.3 is 9.30 Å². The number of likely N-dealkylation sites (tertiary alicyclic amines) is 1. The van der Waals surface area contributed by atoms with Crippen molar-refractivity contribution in [1.82, 2.24) is 19.3 Å². The van der Waals surface area contributed by atoms with Crippen molar-refractivity contribution < 1.29 is 9.63 Å². The van der Waals surface area contributed by atoms with Gasteiger partial charge in [-0.2, -0.15) is 5.06 Å². The minimum atomic E-state index is 0.0697. The lowest BCUT2D eigenvalue weighted by Gasteiger charge is -2.26. The summed E-state index contributed by atoms with van der Waals surface area (Å²) in [5.74, 6) is 0.0697. The first kappa shape index (κ1) is 17.5. The molecule has 6 nitrogen and oxygen atoms in total. The highest BCUT2D eigenvalue weighted by atomic mass is 16.7. The van der Waals surface area contributed by atoms with Gasteiger partial charge in [-0.3, -0.25) is 9.63 Å². The molecule has 2 aromatic rings. The highest BCUT2D eigenvalue weighted by molar-refractivity contribution is 5.94. The van der Waals surface area contributed by atoms with E-state index in [0.717, 1.165) is 68.8 Å². The van der Waals surface area contributed by atoms with E-state index >= 15 is 0 Å². The number of hydrogen-bond acceptors (Lipinski definition) is 4. The van der Waals surface area contributed by atoms with Crippen LogP contribution < -0.4 is 0 Å². The molecule has 0 N–H and O–H groups in total. The fourth-order valence-electron chi connectivity index (χ4n) is 3.88. The third-order valence-corrected chi connectivity index (χ3v) is 5.38. The molecule has 2 aromatic heterocycles. The number of carbonyl (C=O) groups excluding carboxylic acids is 1. The Bertz CT molecular complexity index is 771. The average molecular weight is 356 g/mol. The van der Waals surface area contributed by atoms with Crippen molar-refractivity contribution in [2.75, 3.05) is 26.2 Å². The fraction of sp³-hybridized carbons (Fsp3) is 0.600. The van der Waals surface area contributed by atoms with Crippen LogP contribution in [-0.4, -0.2) is 51.5 Å². The molecule has 0 unspecified atom stereocenters. The molecule has 2 saturated heterocycles. The second kappa shape index (κ2) is 7.76. The van der Waals surface area contributed by atoms with E-state index in [1.807, 2.05) is 22.2 Å². The molecule has 140 valence electrons. The van der Waals surface area contributed by atoms with Gasteiger partial charge in [0, 0.05) is 25.8 Å². The van der Waals surface area contributed by atoms with E-state index in [1.165, 1.54) is 12.8 Å². The van der Waals surface area contributed by atoms with E-state index in [4.69, 9.17) is 9.82 Å². The number of pyridine rings is 1. The second-order valence-corrected chi connectivity index (χ2v) is 7.45. The van der Waals surface area contributed by atoms with Crippen LogP contribution in [0.15, 0.2) is 18.3 Å². The van der Waals surface area contributed by atoms with Crippen molar-refractivity contribution in [3.05, 3.63) is 35.3 Å². The first-order chi connectivity index (χ1) is 12.7. The van der Waals surface area contributed by atoms with Gasteiger partial charge in [0.1, 0.15) is 5.65 Å². The maximum atomic E-state index is 13.3. The van der Waals surface area contributed by atoms with E-state index in [9.17, 15) is 4.79 Å². The molecule has 2 aliphatic rings. The third-order valence-electron chi connectivity index (χ3n) is 5.38.